The van der Waals surface area contributed by atoms with Crippen LogP contribution >= 0.6 is 0 Å². The Morgan fingerprint density at radius 2 is 2.36 bits per heavy atom. The Bertz CT molecular complexity index is 215. The van der Waals surface area contributed by atoms with Gasteiger partial charge in [-0.25, -0.2) is 0 Å². The summed E-state index contributed by atoms with van der Waals surface area (Å²) < 4.78 is 0. The van der Waals surface area contributed by atoms with Crippen molar-refractivity contribution in [3.63, 3.8) is 0 Å². The van der Waals surface area contributed by atoms with Crippen molar-refractivity contribution >= 4 is 0 Å². The van der Waals surface area contributed by atoms with Crippen molar-refractivity contribution in [2.24, 2.45) is 5.92 Å². The van der Waals surface area contributed by atoms with Crippen molar-refractivity contribution in [3.8, 4) is 0 Å². The van der Waals surface area contributed by atoms with Crippen LogP contribution in [-0.4, -0.2) is 11.2 Å². The second kappa shape index (κ2) is 3.56. The van der Waals surface area contributed by atoms with Crippen LogP contribution in [0.25, 0.3) is 0 Å². The van der Waals surface area contributed by atoms with Gasteiger partial charge in [0.1, 0.15) is 0 Å². The first-order valence-electron chi connectivity index (χ1n) is 3.95. The molecule has 0 saturated heterocycles. The van der Waals surface area contributed by atoms with Gasteiger partial charge in [-0.2, -0.15) is 0 Å². The number of rotatable bonds is 1. The van der Waals surface area contributed by atoms with Crippen LogP contribution in [-0.2, 0) is 0 Å². The van der Waals surface area contributed by atoms with E-state index >= 15 is 0 Å². The maximum absolute atomic E-state index is 9.33. The fraction of sp³-hybridized carbons (Fsp3) is 0.500. The summed E-state index contributed by atoms with van der Waals surface area (Å²) in [5, 5.41) is 9.33. The molecule has 60 valence electrons. The molecule has 1 aliphatic rings. The van der Waals surface area contributed by atoms with Gasteiger partial charge >= 0.3 is 0 Å². The van der Waals surface area contributed by atoms with Gasteiger partial charge in [0, 0.05) is 5.92 Å². The summed E-state index contributed by atoms with van der Waals surface area (Å²) in [6.07, 6.45) is 6.47. The molecule has 0 amide bonds. The summed E-state index contributed by atoms with van der Waals surface area (Å²) in [4.78, 5) is 0. The largest absolute Gasteiger partial charge is 0.388 e. The normalized spacial score (nSPS) is 28.3. The highest BCUT2D eigenvalue weighted by Crippen LogP contribution is 2.19. The molecule has 0 bridgehead atoms. The Balaban J connectivity index is 2.59. The van der Waals surface area contributed by atoms with Crippen LogP contribution in [0.15, 0.2) is 29.5 Å². The Hall–Kier alpha value is -0.780. The lowest BCUT2D eigenvalue weighted by molar-refractivity contribution is 0.189. The molecule has 0 aromatic rings. The minimum absolute atomic E-state index is 0.255. The minimum atomic E-state index is -0.290. The van der Waals surface area contributed by atoms with Crippen molar-refractivity contribution in [1.29, 1.82) is 0 Å². The zero-order valence-corrected chi connectivity index (χ0v) is 7.04. The van der Waals surface area contributed by atoms with Crippen molar-refractivity contribution in [1.82, 2.24) is 0 Å². The maximum atomic E-state index is 9.33. The average molecular weight is 150 g/mol. The summed E-state index contributed by atoms with van der Waals surface area (Å²) >= 11 is 0. The summed E-state index contributed by atoms with van der Waals surface area (Å²) in [7, 11) is 0. The van der Waals surface area contributed by atoms with Gasteiger partial charge in [-0.1, -0.05) is 12.2 Å². The molecule has 1 heteroatoms. The van der Waals surface area contributed by atoms with E-state index in [1.807, 2.05) is 32.1 Å². The van der Waals surface area contributed by atoms with Gasteiger partial charge in [0.05, 0.1) is 6.10 Å². The van der Waals surface area contributed by atoms with Crippen LogP contribution in [0.1, 0.15) is 20.3 Å². The first-order chi connectivity index (χ1) is 5.20. The molecule has 0 radical (unpaired) electrons. The molecule has 1 nitrogen and oxygen atoms in total. The number of aliphatic hydroxyl groups is 1. The first-order valence-corrected chi connectivity index (χ1v) is 3.95. The second-order valence-electron chi connectivity index (χ2n) is 3.13. The SMILES string of the molecule is CC(C)=C=CC1CC=CC1O. The lowest BCUT2D eigenvalue weighted by Crippen LogP contribution is -2.09. The van der Waals surface area contributed by atoms with Gasteiger partial charge in [-0.3, -0.25) is 0 Å². The fourth-order valence-corrected chi connectivity index (χ4v) is 1.10. The van der Waals surface area contributed by atoms with Gasteiger partial charge < -0.3 is 5.11 Å². The van der Waals surface area contributed by atoms with E-state index in [0.717, 1.165) is 12.0 Å². The van der Waals surface area contributed by atoms with Crippen LogP contribution in [0.5, 0.6) is 0 Å². The maximum Gasteiger partial charge on any atom is 0.0792 e. The highest BCUT2D eigenvalue weighted by atomic mass is 16.3. The van der Waals surface area contributed by atoms with Crippen LogP contribution in [0.3, 0.4) is 0 Å². The van der Waals surface area contributed by atoms with E-state index in [4.69, 9.17) is 0 Å². The molecule has 1 aliphatic carbocycles. The molecule has 2 unspecified atom stereocenters. The quantitative estimate of drug-likeness (QED) is 0.448. The molecule has 1 rings (SSSR count). The summed E-state index contributed by atoms with van der Waals surface area (Å²) in [5.41, 5.74) is 4.27. The lowest BCUT2D eigenvalue weighted by atomic mass is 10.1. The first kappa shape index (κ1) is 8.32. The molecule has 0 heterocycles. The van der Waals surface area contributed by atoms with E-state index in [0.29, 0.717) is 0 Å². The molecule has 0 spiro atoms. The van der Waals surface area contributed by atoms with Gasteiger partial charge in [0.15, 0.2) is 0 Å². The molecule has 11 heavy (non-hydrogen) atoms. The van der Waals surface area contributed by atoms with E-state index in [-0.39, 0.29) is 12.0 Å². The number of aliphatic hydroxyl groups excluding tert-OH is 1. The number of hydrogen-bond donors (Lipinski definition) is 1. The van der Waals surface area contributed by atoms with Gasteiger partial charge in [0.25, 0.3) is 0 Å². The molecule has 0 aliphatic heterocycles. The molecular formula is C10H14O. The second-order valence-corrected chi connectivity index (χ2v) is 3.13. The zero-order valence-electron chi connectivity index (χ0n) is 7.04. The van der Waals surface area contributed by atoms with Gasteiger partial charge in [-0.05, 0) is 31.9 Å². The number of allylic oxidation sites excluding steroid dienone is 1. The minimum Gasteiger partial charge on any atom is -0.388 e. The van der Waals surface area contributed by atoms with Gasteiger partial charge in [0.2, 0.25) is 0 Å². The monoisotopic (exact) mass is 150 g/mol. The van der Waals surface area contributed by atoms with Crippen molar-refractivity contribution in [3.05, 3.63) is 29.5 Å². The molecule has 0 aromatic carbocycles. The van der Waals surface area contributed by atoms with Crippen molar-refractivity contribution in [2.45, 2.75) is 26.4 Å². The van der Waals surface area contributed by atoms with Crippen molar-refractivity contribution < 1.29 is 5.11 Å². The van der Waals surface area contributed by atoms with Crippen LogP contribution in [0, 0.1) is 5.92 Å². The molecule has 0 fully saturated rings. The van der Waals surface area contributed by atoms with E-state index in [1.165, 1.54) is 0 Å². The van der Waals surface area contributed by atoms with E-state index in [1.54, 1.807) is 0 Å². The third kappa shape index (κ3) is 2.38. The van der Waals surface area contributed by atoms with Gasteiger partial charge in [-0.15, -0.1) is 5.73 Å². The number of hydrogen-bond acceptors (Lipinski definition) is 1. The van der Waals surface area contributed by atoms with Crippen molar-refractivity contribution in [2.75, 3.05) is 0 Å². The van der Waals surface area contributed by atoms with E-state index in [9.17, 15) is 5.11 Å². The highest BCUT2D eigenvalue weighted by Gasteiger charge is 2.16. The Labute approximate surface area is 67.7 Å². The van der Waals surface area contributed by atoms with Crippen LogP contribution < -0.4 is 0 Å². The standard InChI is InChI=1S/C10H14O/c1-8(2)6-7-9-4-3-5-10(9)11/h3,5,7,9-11H,4H2,1-2H3. The summed E-state index contributed by atoms with van der Waals surface area (Å²) in [6, 6.07) is 0. The predicted molar refractivity (Wildman–Crippen MR) is 46.2 cm³/mol. The summed E-state index contributed by atoms with van der Waals surface area (Å²) in [6.45, 7) is 4.01. The molecule has 2 atom stereocenters. The Kier molecular flexibility index (Phi) is 2.70. The molecule has 0 aromatic heterocycles. The highest BCUT2D eigenvalue weighted by molar-refractivity contribution is 5.09. The molecule has 0 saturated carbocycles. The zero-order chi connectivity index (χ0) is 8.27. The van der Waals surface area contributed by atoms with E-state index in [2.05, 4.69) is 5.73 Å². The smallest absolute Gasteiger partial charge is 0.0792 e. The average Bonchev–Trinajstić information content (AvgIpc) is 2.31. The third-order valence-corrected chi connectivity index (χ3v) is 1.77. The molecule has 1 N–H and O–H groups in total. The lowest BCUT2D eigenvalue weighted by Gasteiger charge is -2.06. The molecular weight excluding hydrogens is 136 g/mol. The summed E-state index contributed by atoms with van der Waals surface area (Å²) in [5.74, 6) is 0.255. The third-order valence-electron chi connectivity index (χ3n) is 1.77. The predicted octanol–water partition coefficient (Wildman–Crippen LogP) is 2.04. The van der Waals surface area contributed by atoms with Crippen LogP contribution in [0.2, 0.25) is 0 Å². The van der Waals surface area contributed by atoms with E-state index < -0.39 is 0 Å². The van der Waals surface area contributed by atoms with Crippen LogP contribution in [0.4, 0.5) is 0 Å². The Morgan fingerprint density at radius 1 is 1.64 bits per heavy atom. The Morgan fingerprint density at radius 3 is 2.82 bits per heavy atom. The topological polar surface area (TPSA) is 20.2 Å². The fourth-order valence-electron chi connectivity index (χ4n) is 1.10.